The molecule has 0 amide bonds. The SMILES string of the molecule is C=CCCc1cc(F)c(CCc2ccc3c(F)c(CCc4ccc(F)cc4)ccc3c2)c(F)c1. The van der Waals surface area contributed by atoms with Crippen LogP contribution in [0.5, 0.6) is 0 Å². The Morgan fingerprint density at radius 3 is 2.00 bits per heavy atom. The van der Waals surface area contributed by atoms with Gasteiger partial charge in [0.2, 0.25) is 0 Å². The van der Waals surface area contributed by atoms with Crippen LogP contribution in [-0.4, -0.2) is 0 Å². The van der Waals surface area contributed by atoms with E-state index >= 15 is 4.39 Å². The van der Waals surface area contributed by atoms with Gasteiger partial charge in [0, 0.05) is 10.9 Å². The largest absolute Gasteiger partial charge is 0.207 e. The van der Waals surface area contributed by atoms with Gasteiger partial charge < -0.3 is 0 Å². The van der Waals surface area contributed by atoms with Crippen molar-refractivity contribution in [3.05, 3.63) is 130 Å². The molecule has 0 nitrogen and oxygen atoms in total. The predicted molar refractivity (Wildman–Crippen MR) is 130 cm³/mol. The molecule has 4 heteroatoms. The number of allylic oxidation sites excluding steroid dienone is 1. The van der Waals surface area contributed by atoms with Crippen LogP contribution in [-0.2, 0) is 32.1 Å². The van der Waals surface area contributed by atoms with Gasteiger partial charge in [-0.25, -0.2) is 17.6 Å². The van der Waals surface area contributed by atoms with E-state index in [1.165, 1.54) is 24.3 Å². The molecule has 0 saturated carbocycles. The summed E-state index contributed by atoms with van der Waals surface area (Å²) in [6.07, 6.45) is 4.74. The van der Waals surface area contributed by atoms with Crippen LogP contribution in [0.25, 0.3) is 10.8 Å². The molecule has 0 aliphatic rings. The Morgan fingerprint density at radius 2 is 1.29 bits per heavy atom. The minimum atomic E-state index is -0.531. The summed E-state index contributed by atoms with van der Waals surface area (Å²) in [6.45, 7) is 3.63. The molecule has 34 heavy (non-hydrogen) atoms. The molecular weight excluding hydrogens is 436 g/mol. The Balaban J connectivity index is 1.46. The Morgan fingerprint density at radius 1 is 0.618 bits per heavy atom. The molecule has 0 N–H and O–H groups in total. The first-order chi connectivity index (χ1) is 16.4. The summed E-state index contributed by atoms with van der Waals surface area (Å²) in [5, 5.41) is 1.27. The number of halogens is 4. The van der Waals surface area contributed by atoms with Crippen molar-refractivity contribution in [1.82, 2.24) is 0 Å². The molecule has 0 aliphatic carbocycles. The van der Waals surface area contributed by atoms with E-state index in [0.717, 1.165) is 16.5 Å². The molecule has 0 aromatic heterocycles. The Bertz CT molecular complexity index is 1280. The first-order valence-corrected chi connectivity index (χ1v) is 11.5. The molecule has 4 rings (SSSR count). The molecule has 0 fully saturated rings. The van der Waals surface area contributed by atoms with Crippen molar-refractivity contribution >= 4 is 10.8 Å². The minimum Gasteiger partial charge on any atom is -0.207 e. The molecule has 0 atom stereocenters. The number of rotatable bonds is 9. The summed E-state index contributed by atoms with van der Waals surface area (Å²) in [5.41, 5.74) is 3.13. The van der Waals surface area contributed by atoms with Gasteiger partial charge in [-0.1, -0.05) is 48.5 Å². The van der Waals surface area contributed by atoms with E-state index in [0.29, 0.717) is 48.6 Å². The molecule has 0 unspecified atom stereocenters. The van der Waals surface area contributed by atoms with E-state index in [4.69, 9.17) is 0 Å². The quantitative estimate of drug-likeness (QED) is 0.174. The highest BCUT2D eigenvalue weighted by molar-refractivity contribution is 5.84. The molecule has 174 valence electrons. The van der Waals surface area contributed by atoms with Gasteiger partial charge in [0.25, 0.3) is 0 Å². The lowest BCUT2D eigenvalue weighted by Gasteiger charge is -2.10. The van der Waals surface area contributed by atoms with E-state index in [1.54, 1.807) is 30.3 Å². The Hall–Kier alpha value is -3.40. The smallest absolute Gasteiger partial charge is 0.134 e. The van der Waals surface area contributed by atoms with Gasteiger partial charge in [0.1, 0.15) is 23.3 Å². The molecule has 0 radical (unpaired) electrons. The summed E-state index contributed by atoms with van der Waals surface area (Å²) < 4.78 is 57.1. The highest BCUT2D eigenvalue weighted by Crippen LogP contribution is 2.25. The zero-order valence-corrected chi connectivity index (χ0v) is 18.9. The minimum absolute atomic E-state index is 0.0739. The van der Waals surface area contributed by atoms with Crippen molar-refractivity contribution in [3.8, 4) is 0 Å². The third-order valence-electron chi connectivity index (χ3n) is 6.20. The molecule has 0 spiro atoms. The van der Waals surface area contributed by atoms with E-state index in [9.17, 15) is 13.2 Å². The predicted octanol–water partition coefficient (Wildman–Crippen LogP) is 8.09. The van der Waals surface area contributed by atoms with Crippen LogP contribution in [0.3, 0.4) is 0 Å². The summed E-state index contributed by atoms with van der Waals surface area (Å²) in [5.74, 6) is -1.62. The van der Waals surface area contributed by atoms with E-state index < -0.39 is 11.6 Å². The van der Waals surface area contributed by atoms with Crippen LogP contribution in [0.1, 0.15) is 34.2 Å². The Labute approximate surface area is 197 Å². The summed E-state index contributed by atoms with van der Waals surface area (Å²) in [4.78, 5) is 0. The third kappa shape index (κ3) is 5.56. The molecule has 0 aliphatic heterocycles. The van der Waals surface area contributed by atoms with E-state index in [-0.39, 0.29) is 23.6 Å². The topological polar surface area (TPSA) is 0 Å². The average molecular weight is 463 g/mol. The van der Waals surface area contributed by atoms with Crippen molar-refractivity contribution in [2.75, 3.05) is 0 Å². The van der Waals surface area contributed by atoms with Crippen LogP contribution in [0.15, 0.2) is 79.4 Å². The normalized spacial score (nSPS) is 11.2. The van der Waals surface area contributed by atoms with Crippen LogP contribution in [0.4, 0.5) is 17.6 Å². The Kier molecular flexibility index (Phi) is 7.46. The summed E-state index contributed by atoms with van der Waals surface area (Å²) in [6, 6.07) is 18.1. The standard InChI is InChI=1S/C30H26F4/c1-2-3-4-22-18-28(32)27(29(33)19-22)16-9-21-8-15-26-24(17-21)12-11-23(30(26)34)10-5-20-6-13-25(31)14-7-20/h2,6-8,11-15,17-19H,1,3-5,9-10,16H2. The maximum absolute atomic E-state index is 15.1. The maximum Gasteiger partial charge on any atom is 0.134 e. The maximum atomic E-state index is 15.1. The molecule has 0 bridgehead atoms. The van der Waals surface area contributed by atoms with Crippen molar-refractivity contribution in [2.45, 2.75) is 38.5 Å². The molecule has 4 aromatic rings. The molecule has 0 saturated heterocycles. The van der Waals surface area contributed by atoms with Crippen LogP contribution in [0.2, 0.25) is 0 Å². The zero-order chi connectivity index (χ0) is 24.1. The van der Waals surface area contributed by atoms with Crippen LogP contribution < -0.4 is 0 Å². The highest BCUT2D eigenvalue weighted by atomic mass is 19.1. The van der Waals surface area contributed by atoms with Gasteiger partial charge >= 0.3 is 0 Å². The molecule has 0 heterocycles. The summed E-state index contributed by atoms with van der Waals surface area (Å²) >= 11 is 0. The molecular formula is C30H26F4. The fourth-order valence-electron chi connectivity index (χ4n) is 4.24. The monoisotopic (exact) mass is 462 g/mol. The van der Waals surface area contributed by atoms with Crippen molar-refractivity contribution in [1.29, 1.82) is 0 Å². The highest BCUT2D eigenvalue weighted by Gasteiger charge is 2.13. The number of hydrogen-bond donors (Lipinski definition) is 0. The number of benzene rings is 4. The third-order valence-corrected chi connectivity index (χ3v) is 6.20. The number of hydrogen-bond acceptors (Lipinski definition) is 0. The van der Waals surface area contributed by atoms with Crippen molar-refractivity contribution in [3.63, 3.8) is 0 Å². The summed E-state index contributed by atoms with van der Waals surface area (Å²) in [7, 11) is 0. The number of fused-ring (bicyclic) bond motifs is 1. The first kappa shape index (κ1) is 23.7. The first-order valence-electron chi connectivity index (χ1n) is 11.5. The van der Waals surface area contributed by atoms with E-state index in [1.807, 2.05) is 18.2 Å². The van der Waals surface area contributed by atoms with Gasteiger partial charge in [-0.2, -0.15) is 0 Å². The van der Waals surface area contributed by atoms with Gasteiger partial charge in [0.15, 0.2) is 0 Å². The zero-order valence-electron chi connectivity index (χ0n) is 18.9. The second-order valence-corrected chi connectivity index (χ2v) is 8.59. The van der Waals surface area contributed by atoms with Crippen LogP contribution >= 0.6 is 0 Å². The van der Waals surface area contributed by atoms with Gasteiger partial charge in [-0.15, -0.1) is 6.58 Å². The lowest BCUT2D eigenvalue weighted by Crippen LogP contribution is -2.01. The average Bonchev–Trinajstić information content (AvgIpc) is 2.83. The second-order valence-electron chi connectivity index (χ2n) is 8.59. The second kappa shape index (κ2) is 10.7. The van der Waals surface area contributed by atoms with Crippen molar-refractivity contribution in [2.24, 2.45) is 0 Å². The molecule has 4 aromatic carbocycles. The number of aryl methyl sites for hydroxylation is 4. The van der Waals surface area contributed by atoms with Gasteiger partial charge in [0.05, 0.1) is 0 Å². The fraction of sp³-hybridized carbons (Fsp3) is 0.200. The lowest BCUT2D eigenvalue weighted by molar-refractivity contribution is 0.551. The van der Waals surface area contributed by atoms with Crippen molar-refractivity contribution < 1.29 is 17.6 Å². The van der Waals surface area contributed by atoms with Gasteiger partial charge in [-0.05, 0) is 90.4 Å². The lowest BCUT2D eigenvalue weighted by atomic mass is 9.96. The van der Waals surface area contributed by atoms with Crippen LogP contribution in [0, 0.1) is 23.3 Å². The fourth-order valence-corrected chi connectivity index (χ4v) is 4.24. The van der Waals surface area contributed by atoms with E-state index in [2.05, 4.69) is 6.58 Å². The van der Waals surface area contributed by atoms with Gasteiger partial charge in [-0.3, -0.25) is 0 Å².